The van der Waals surface area contributed by atoms with Crippen LogP contribution < -0.4 is 10.6 Å². The van der Waals surface area contributed by atoms with Gasteiger partial charge in [0.15, 0.2) is 14.1 Å². The highest BCUT2D eigenvalue weighted by atomic mass is 28.4. The van der Waals surface area contributed by atoms with Crippen molar-refractivity contribution in [3.63, 3.8) is 0 Å². The molecule has 0 spiro atoms. The number of ether oxygens (including phenoxy) is 1. The SMILES string of the molecule is C[C@@H](O[Si](C)(C)C(C)(C)C)[C@H]1C(=O)N[C@@H]1CC(=O)c1cccc(COC(=O)NC(C)(C)C)c1. The molecule has 0 radical (unpaired) electrons. The zero-order chi connectivity index (χ0) is 25.2. The number of Topliss-reactive ketones (excluding diaryl/α,β-unsaturated/α-hetero) is 1. The van der Waals surface area contributed by atoms with E-state index in [0.717, 1.165) is 5.56 Å². The first-order chi connectivity index (χ1) is 15.0. The Hall–Kier alpha value is -2.19. The molecule has 1 saturated heterocycles. The zero-order valence-corrected chi connectivity index (χ0v) is 22.5. The number of rotatable bonds is 8. The maximum atomic E-state index is 12.9. The minimum atomic E-state index is -2.03. The first kappa shape index (κ1) is 27.1. The van der Waals surface area contributed by atoms with E-state index in [1.807, 2.05) is 33.8 Å². The molecule has 3 atom stereocenters. The predicted molar refractivity (Wildman–Crippen MR) is 132 cm³/mol. The fourth-order valence-electron chi connectivity index (χ4n) is 3.53. The molecular formula is C25H40N2O5Si. The number of amides is 2. The number of hydrogen-bond donors (Lipinski definition) is 2. The Labute approximate surface area is 199 Å². The Balaban J connectivity index is 1.98. The normalized spacial score (nSPS) is 19.8. The summed E-state index contributed by atoms with van der Waals surface area (Å²) in [5.41, 5.74) is 0.878. The highest BCUT2D eigenvalue weighted by Gasteiger charge is 2.47. The van der Waals surface area contributed by atoms with Crippen molar-refractivity contribution < 1.29 is 23.5 Å². The summed E-state index contributed by atoms with van der Waals surface area (Å²) in [6.45, 7) is 18.4. The number of nitrogens with one attached hydrogen (secondary N) is 2. The molecule has 1 fully saturated rings. The van der Waals surface area contributed by atoms with Gasteiger partial charge in [0.25, 0.3) is 0 Å². The fourth-order valence-corrected chi connectivity index (χ4v) is 4.96. The van der Waals surface area contributed by atoms with Gasteiger partial charge in [-0.1, -0.05) is 39.0 Å². The minimum Gasteiger partial charge on any atom is -0.445 e. The maximum Gasteiger partial charge on any atom is 0.407 e. The van der Waals surface area contributed by atoms with Crippen molar-refractivity contribution >= 4 is 26.1 Å². The van der Waals surface area contributed by atoms with Gasteiger partial charge >= 0.3 is 6.09 Å². The molecule has 2 rings (SSSR count). The molecule has 2 amide bonds. The molecule has 8 heteroatoms. The molecule has 0 saturated carbocycles. The predicted octanol–water partition coefficient (Wildman–Crippen LogP) is 4.81. The Morgan fingerprint density at radius 3 is 2.33 bits per heavy atom. The molecule has 7 nitrogen and oxygen atoms in total. The van der Waals surface area contributed by atoms with Crippen molar-refractivity contribution in [1.82, 2.24) is 10.6 Å². The van der Waals surface area contributed by atoms with Crippen molar-refractivity contribution in [2.45, 2.75) is 97.3 Å². The van der Waals surface area contributed by atoms with Crippen molar-refractivity contribution in [1.29, 1.82) is 0 Å². The van der Waals surface area contributed by atoms with Crippen LogP contribution in [0.1, 0.15) is 70.8 Å². The molecule has 33 heavy (non-hydrogen) atoms. The third kappa shape index (κ3) is 7.40. The van der Waals surface area contributed by atoms with Crippen LogP contribution in [-0.4, -0.2) is 43.8 Å². The monoisotopic (exact) mass is 476 g/mol. The summed E-state index contributed by atoms with van der Waals surface area (Å²) >= 11 is 0. The van der Waals surface area contributed by atoms with Crippen molar-refractivity contribution in [3.8, 4) is 0 Å². The van der Waals surface area contributed by atoms with Gasteiger partial charge in [-0.25, -0.2) is 4.79 Å². The second-order valence-corrected chi connectivity index (χ2v) is 16.3. The van der Waals surface area contributed by atoms with E-state index in [9.17, 15) is 14.4 Å². The van der Waals surface area contributed by atoms with Crippen molar-refractivity contribution in [2.75, 3.05) is 0 Å². The lowest BCUT2D eigenvalue weighted by molar-refractivity contribution is -0.139. The summed E-state index contributed by atoms with van der Waals surface area (Å²) in [4.78, 5) is 37.1. The summed E-state index contributed by atoms with van der Waals surface area (Å²) in [6.07, 6.45) is -0.551. The molecule has 1 heterocycles. The Bertz CT molecular complexity index is 886. The lowest BCUT2D eigenvalue weighted by Gasteiger charge is -2.45. The fraction of sp³-hybridized carbons (Fsp3) is 0.640. The number of carbonyl (C=O) groups is 3. The minimum absolute atomic E-state index is 0.0408. The Kier molecular flexibility index (Phi) is 8.17. The van der Waals surface area contributed by atoms with E-state index in [0.29, 0.717) is 5.56 Å². The molecule has 0 unspecified atom stereocenters. The topological polar surface area (TPSA) is 93.7 Å². The summed E-state index contributed by atoms with van der Waals surface area (Å²) in [6, 6.07) is 6.81. The highest BCUT2D eigenvalue weighted by molar-refractivity contribution is 6.74. The number of alkyl carbamates (subject to hydrolysis) is 1. The zero-order valence-electron chi connectivity index (χ0n) is 21.5. The van der Waals surface area contributed by atoms with E-state index in [1.165, 1.54) is 0 Å². The first-order valence-corrected chi connectivity index (χ1v) is 14.5. The number of hydrogen-bond acceptors (Lipinski definition) is 5. The quantitative estimate of drug-likeness (QED) is 0.319. The van der Waals surface area contributed by atoms with Gasteiger partial charge in [-0.3, -0.25) is 9.59 Å². The van der Waals surface area contributed by atoms with Crippen LogP contribution in [0.3, 0.4) is 0 Å². The second kappa shape index (κ2) is 9.97. The molecule has 184 valence electrons. The summed E-state index contributed by atoms with van der Waals surface area (Å²) in [7, 11) is -2.03. The molecule has 2 N–H and O–H groups in total. The average molecular weight is 477 g/mol. The summed E-state index contributed by atoms with van der Waals surface area (Å²) in [5.74, 6) is -0.466. The third-order valence-corrected chi connectivity index (χ3v) is 10.9. The van der Waals surface area contributed by atoms with Gasteiger partial charge < -0.3 is 19.8 Å². The largest absolute Gasteiger partial charge is 0.445 e. The molecule has 1 aromatic rings. The standard InChI is InChI=1S/C25H40N2O5Si/c1-16(32-33(8,9)25(5,6)7)21-19(26-22(21)29)14-20(28)18-12-10-11-17(13-18)15-31-23(30)27-24(2,3)4/h10-13,16,19,21H,14-15H2,1-9H3,(H,26,29)(H,27,30)/t16-,19-,21-/m1/s1. The number of β-lactam (4-membered cyclic amide) rings is 1. The molecule has 1 aliphatic heterocycles. The number of benzene rings is 1. The van der Waals surface area contributed by atoms with E-state index in [4.69, 9.17) is 9.16 Å². The van der Waals surface area contributed by atoms with Crippen LogP contribution in [0.15, 0.2) is 24.3 Å². The van der Waals surface area contributed by atoms with E-state index in [2.05, 4.69) is 44.5 Å². The van der Waals surface area contributed by atoms with Crippen LogP contribution in [0.25, 0.3) is 0 Å². The van der Waals surface area contributed by atoms with Gasteiger partial charge in [-0.2, -0.15) is 0 Å². The number of carbonyl (C=O) groups excluding carboxylic acids is 3. The molecule has 0 aliphatic carbocycles. The lowest BCUT2D eigenvalue weighted by Crippen LogP contribution is -2.64. The molecule has 0 aromatic heterocycles. The van der Waals surface area contributed by atoms with E-state index >= 15 is 0 Å². The van der Waals surface area contributed by atoms with Gasteiger partial charge in [0.05, 0.1) is 18.1 Å². The van der Waals surface area contributed by atoms with Crippen molar-refractivity contribution in [3.05, 3.63) is 35.4 Å². The van der Waals surface area contributed by atoms with Crippen LogP contribution in [0.4, 0.5) is 4.79 Å². The van der Waals surface area contributed by atoms with E-state index in [-0.39, 0.29) is 53.4 Å². The summed E-state index contributed by atoms with van der Waals surface area (Å²) < 4.78 is 11.7. The first-order valence-electron chi connectivity index (χ1n) is 11.6. The Morgan fingerprint density at radius 2 is 1.79 bits per heavy atom. The molecular weight excluding hydrogens is 436 g/mol. The van der Waals surface area contributed by atoms with Gasteiger partial charge in [-0.15, -0.1) is 0 Å². The van der Waals surface area contributed by atoms with Crippen LogP contribution >= 0.6 is 0 Å². The van der Waals surface area contributed by atoms with Crippen LogP contribution in [-0.2, 0) is 20.6 Å². The van der Waals surface area contributed by atoms with Gasteiger partial charge in [0, 0.05) is 17.5 Å². The van der Waals surface area contributed by atoms with Gasteiger partial charge in [0.2, 0.25) is 5.91 Å². The van der Waals surface area contributed by atoms with Crippen LogP contribution in [0, 0.1) is 5.92 Å². The summed E-state index contributed by atoms with van der Waals surface area (Å²) in [5, 5.41) is 5.65. The smallest absolute Gasteiger partial charge is 0.407 e. The number of ketones is 1. The molecule has 1 aromatic carbocycles. The Morgan fingerprint density at radius 1 is 1.15 bits per heavy atom. The third-order valence-electron chi connectivity index (χ3n) is 6.36. The maximum absolute atomic E-state index is 12.9. The molecule has 0 bridgehead atoms. The van der Waals surface area contributed by atoms with Gasteiger partial charge in [0.1, 0.15) is 6.61 Å². The van der Waals surface area contributed by atoms with Crippen molar-refractivity contribution in [2.24, 2.45) is 5.92 Å². The van der Waals surface area contributed by atoms with Crippen LogP contribution in [0.2, 0.25) is 18.1 Å². The molecule has 1 aliphatic rings. The second-order valence-electron chi connectivity index (χ2n) is 11.5. The van der Waals surface area contributed by atoms with Gasteiger partial charge in [-0.05, 0) is 57.5 Å². The average Bonchev–Trinajstić information content (AvgIpc) is 2.63. The van der Waals surface area contributed by atoms with Crippen LogP contribution in [0.5, 0.6) is 0 Å². The lowest BCUT2D eigenvalue weighted by atomic mass is 9.82. The van der Waals surface area contributed by atoms with E-state index < -0.39 is 14.4 Å². The van der Waals surface area contributed by atoms with E-state index in [1.54, 1.807) is 18.2 Å². The highest BCUT2D eigenvalue weighted by Crippen LogP contribution is 2.39.